The predicted molar refractivity (Wildman–Crippen MR) is 109 cm³/mol. The molecule has 1 saturated carbocycles. The minimum atomic E-state index is 0.195. The Kier molecular flexibility index (Phi) is 5.63. The molecule has 2 heterocycles. The fraction of sp³-hybridized carbons (Fsp3) is 0.455. The van der Waals surface area contributed by atoms with Crippen molar-refractivity contribution >= 4 is 23.2 Å². The van der Waals surface area contributed by atoms with E-state index in [1.165, 1.54) is 11.3 Å². The monoisotopic (exact) mass is 383 g/mol. The van der Waals surface area contributed by atoms with Gasteiger partial charge in [-0.3, -0.25) is 9.78 Å². The van der Waals surface area contributed by atoms with E-state index in [4.69, 9.17) is 11.6 Å². The zero-order valence-corrected chi connectivity index (χ0v) is 16.3. The molecule has 4 rings (SSSR count). The molecule has 2 aliphatic rings. The van der Waals surface area contributed by atoms with E-state index in [0.717, 1.165) is 56.9 Å². The lowest BCUT2D eigenvalue weighted by molar-refractivity contribution is -0.137. The van der Waals surface area contributed by atoms with E-state index in [0.29, 0.717) is 11.8 Å². The van der Waals surface area contributed by atoms with Crippen molar-refractivity contribution < 1.29 is 4.79 Å². The van der Waals surface area contributed by atoms with Crippen molar-refractivity contribution in [2.24, 2.45) is 5.92 Å². The Hall–Kier alpha value is -2.07. The molecular formula is C22H26ClN3O. The average Bonchev–Trinajstić information content (AvgIpc) is 2.75. The van der Waals surface area contributed by atoms with Crippen molar-refractivity contribution in [3.8, 4) is 0 Å². The Balaban J connectivity index is 1.28. The first kappa shape index (κ1) is 18.3. The summed E-state index contributed by atoms with van der Waals surface area (Å²) in [6.07, 6.45) is 7.83. The van der Waals surface area contributed by atoms with E-state index >= 15 is 0 Å². The van der Waals surface area contributed by atoms with Gasteiger partial charge in [-0.1, -0.05) is 23.7 Å². The van der Waals surface area contributed by atoms with Crippen molar-refractivity contribution in [3.05, 3.63) is 59.4 Å². The molecule has 1 aromatic carbocycles. The SMILES string of the molecule is O=C(C1CCC(c2ccc(Cl)cc2)CC1)N1CCN(c2ccncc2)CC1. The molecule has 0 unspecified atom stereocenters. The number of nitrogens with zero attached hydrogens (tertiary/aromatic N) is 3. The first-order valence-corrected chi connectivity index (χ1v) is 10.3. The highest BCUT2D eigenvalue weighted by molar-refractivity contribution is 6.30. The maximum Gasteiger partial charge on any atom is 0.225 e. The summed E-state index contributed by atoms with van der Waals surface area (Å²) in [6.45, 7) is 3.43. The van der Waals surface area contributed by atoms with Gasteiger partial charge in [0.1, 0.15) is 0 Å². The molecule has 4 nitrogen and oxygen atoms in total. The van der Waals surface area contributed by atoms with Crippen molar-refractivity contribution in [3.63, 3.8) is 0 Å². The Morgan fingerprint density at radius 3 is 2.15 bits per heavy atom. The number of hydrogen-bond acceptors (Lipinski definition) is 3. The van der Waals surface area contributed by atoms with Crippen molar-refractivity contribution in [2.45, 2.75) is 31.6 Å². The second kappa shape index (κ2) is 8.30. The summed E-state index contributed by atoms with van der Waals surface area (Å²) in [4.78, 5) is 21.5. The predicted octanol–water partition coefficient (Wildman–Crippen LogP) is 4.36. The number of aromatic nitrogens is 1. The number of carbonyl (C=O) groups is 1. The lowest BCUT2D eigenvalue weighted by Crippen LogP contribution is -2.50. The van der Waals surface area contributed by atoms with Crippen molar-refractivity contribution in [2.75, 3.05) is 31.1 Å². The van der Waals surface area contributed by atoms with E-state index in [2.05, 4.69) is 26.9 Å². The van der Waals surface area contributed by atoms with Gasteiger partial charge in [-0.05, 0) is 61.4 Å². The summed E-state index contributed by atoms with van der Waals surface area (Å²) in [6, 6.07) is 12.3. The Morgan fingerprint density at radius 2 is 1.52 bits per heavy atom. The third kappa shape index (κ3) is 4.27. The number of piperazine rings is 1. The van der Waals surface area contributed by atoms with Gasteiger partial charge in [-0.15, -0.1) is 0 Å². The molecule has 0 spiro atoms. The summed E-state index contributed by atoms with van der Waals surface area (Å²) in [5.41, 5.74) is 2.55. The van der Waals surface area contributed by atoms with Crippen LogP contribution in [0.25, 0.3) is 0 Å². The van der Waals surface area contributed by atoms with Crippen LogP contribution in [0.5, 0.6) is 0 Å². The third-order valence-corrected chi connectivity index (χ3v) is 6.29. The highest BCUT2D eigenvalue weighted by Crippen LogP contribution is 2.37. The molecule has 0 bridgehead atoms. The standard InChI is InChI=1S/C22H26ClN3O/c23-20-7-5-18(6-8-20)17-1-3-19(4-2-17)22(27)26-15-13-25(14-16-26)21-9-11-24-12-10-21/h5-12,17,19H,1-4,13-16H2. The van der Waals surface area contributed by atoms with E-state index in [1.807, 2.05) is 36.7 Å². The fourth-order valence-electron chi connectivity index (χ4n) is 4.41. The molecule has 1 saturated heterocycles. The highest BCUT2D eigenvalue weighted by Gasteiger charge is 2.31. The summed E-state index contributed by atoms with van der Waals surface area (Å²) < 4.78 is 0. The summed E-state index contributed by atoms with van der Waals surface area (Å²) in [7, 11) is 0. The maximum atomic E-state index is 13.0. The Morgan fingerprint density at radius 1 is 0.889 bits per heavy atom. The molecule has 142 valence electrons. The third-order valence-electron chi connectivity index (χ3n) is 6.04. The van der Waals surface area contributed by atoms with Crippen LogP contribution in [0, 0.1) is 5.92 Å². The molecule has 2 aromatic rings. The number of rotatable bonds is 3. The van der Waals surface area contributed by atoms with Gasteiger partial charge in [0.15, 0.2) is 0 Å². The van der Waals surface area contributed by atoms with Crippen LogP contribution in [-0.2, 0) is 4.79 Å². The van der Waals surface area contributed by atoms with Crippen LogP contribution in [0.3, 0.4) is 0 Å². The van der Waals surface area contributed by atoms with E-state index in [9.17, 15) is 4.79 Å². The van der Waals surface area contributed by atoms with Gasteiger partial charge < -0.3 is 9.80 Å². The molecule has 0 atom stereocenters. The number of pyridine rings is 1. The first-order valence-electron chi connectivity index (χ1n) is 9.90. The lowest BCUT2D eigenvalue weighted by Gasteiger charge is -2.38. The molecule has 1 aliphatic heterocycles. The van der Waals surface area contributed by atoms with Gasteiger partial charge in [0, 0.05) is 55.2 Å². The highest BCUT2D eigenvalue weighted by atomic mass is 35.5. The van der Waals surface area contributed by atoms with Gasteiger partial charge in [0.25, 0.3) is 0 Å². The molecule has 1 aliphatic carbocycles. The molecule has 5 heteroatoms. The van der Waals surface area contributed by atoms with E-state index < -0.39 is 0 Å². The second-order valence-corrected chi connectivity index (χ2v) is 8.05. The average molecular weight is 384 g/mol. The molecule has 2 fully saturated rings. The van der Waals surface area contributed by atoms with Gasteiger partial charge in [-0.2, -0.15) is 0 Å². The van der Waals surface area contributed by atoms with Crippen LogP contribution in [-0.4, -0.2) is 42.0 Å². The Bertz CT molecular complexity index is 749. The number of amides is 1. The number of benzene rings is 1. The fourth-order valence-corrected chi connectivity index (χ4v) is 4.53. The zero-order chi connectivity index (χ0) is 18.6. The smallest absolute Gasteiger partial charge is 0.225 e. The minimum absolute atomic E-state index is 0.195. The van der Waals surface area contributed by atoms with Crippen molar-refractivity contribution in [1.29, 1.82) is 0 Å². The number of hydrogen-bond donors (Lipinski definition) is 0. The van der Waals surface area contributed by atoms with Crippen molar-refractivity contribution in [1.82, 2.24) is 9.88 Å². The number of carbonyl (C=O) groups excluding carboxylic acids is 1. The van der Waals surface area contributed by atoms with Crippen LogP contribution in [0.2, 0.25) is 5.02 Å². The summed E-state index contributed by atoms with van der Waals surface area (Å²) in [5, 5.41) is 0.786. The normalized spacial score (nSPS) is 23.3. The van der Waals surface area contributed by atoms with E-state index in [1.54, 1.807) is 0 Å². The number of halogens is 1. The minimum Gasteiger partial charge on any atom is -0.368 e. The van der Waals surface area contributed by atoms with Gasteiger partial charge in [-0.25, -0.2) is 0 Å². The Labute approximate surface area is 166 Å². The summed E-state index contributed by atoms with van der Waals surface area (Å²) in [5.74, 6) is 1.12. The van der Waals surface area contributed by atoms with Crippen LogP contribution in [0.1, 0.15) is 37.2 Å². The topological polar surface area (TPSA) is 36.4 Å². The molecule has 1 amide bonds. The lowest BCUT2D eigenvalue weighted by atomic mass is 9.78. The van der Waals surface area contributed by atoms with Crippen LogP contribution in [0.4, 0.5) is 5.69 Å². The second-order valence-electron chi connectivity index (χ2n) is 7.62. The van der Waals surface area contributed by atoms with E-state index in [-0.39, 0.29) is 5.92 Å². The number of anilines is 1. The molecule has 0 N–H and O–H groups in total. The van der Waals surface area contributed by atoms with Gasteiger partial charge >= 0.3 is 0 Å². The van der Waals surface area contributed by atoms with Gasteiger partial charge in [0.2, 0.25) is 5.91 Å². The van der Waals surface area contributed by atoms with Crippen LogP contribution < -0.4 is 4.90 Å². The van der Waals surface area contributed by atoms with Crippen LogP contribution >= 0.6 is 11.6 Å². The molecular weight excluding hydrogens is 358 g/mol. The molecule has 1 aromatic heterocycles. The quantitative estimate of drug-likeness (QED) is 0.790. The molecule has 0 radical (unpaired) electrons. The van der Waals surface area contributed by atoms with Gasteiger partial charge in [0.05, 0.1) is 0 Å². The summed E-state index contributed by atoms with van der Waals surface area (Å²) >= 11 is 5.99. The first-order chi connectivity index (χ1) is 13.2. The largest absolute Gasteiger partial charge is 0.368 e. The zero-order valence-electron chi connectivity index (χ0n) is 15.6. The maximum absolute atomic E-state index is 13.0. The molecule has 27 heavy (non-hydrogen) atoms. The van der Waals surface area contributed by atoms with Crippen LogP contribution in [0.15, 0.2) is 48.8 Å².